The summed E-state index contributed by atoms with van der Waals surface area (Å²) in [6.07, 6.45) is 0. The molecule has 5 N–H and O–H groups in total. The first-order valence-corrected chi connectivity index (χ1v) is 4.43. The van der Waals surface area contributed by atoms with Gasteiger partial charge in [-0.3, -0.25) is 4.79 Å². The van der Waals surface area contributed by atoms with Gasteiger partial charge in [-0.1, -0.05) is 6.07 Å². The van der Waals surface area contributed by atoms with Crippen LogP contribution in [0.4, 0.5) is 0 Å². The monoisotopic (exact) mass is 239 g/mol. The molecule has 0 radical (unpaired) electrons. The highest BCUT2D eigenvalue weighted by molar-refractivity contribution is 6.02. The van der Waals surface area contributed by atoms with Gasteiger partial charge in [0.25, 0.3) is 0 Å². The molecule has 0 saturated carbocycles. The second kappa shape index (κ2) is 4.62. The van der Waals surface area contributed by atoms with Gasteiger partial charge in [-0.15, -0.1) is 0 Å². The lowest BCUT2D eigenvalue weighted by molar-refractivity contribution is -0.138. The minimum absolute atomic E-state index is 0.0277. The average molecular weight is 239 g/mol. The molecule has 0 spiro atoms. The maximum atomic E-state index is 10.8. The lowest BCUT2D eigenvalue weighted by atomic mass is 10.00. The summed E-state index contributed by atoms with van der Waals surface area (Å²) in [5.41, 5.74) is 4.41. The van der Waals surface area contributed by atoms with Crippen LogP contribution >= 0.6 is 0 Å². The van der Waals surface area contributed by atoms with E-state index in [-0.39, 0.29) is 5.56 Å². The number of carboxylic acid groups (broad SMARTS) is 3. The van der Waals surface area contributed by atoms with Gasteiger partial charge < -0.3 is 21.1 Å². The van der Waals surface area contributed by atoms with Gasteiger partial charge in [0.05, 0.1) is 11.1 Å². The Labute approximate surface area is 95.1 Å². The molecule has 0 bridgehead atoms. The Kier molecular flexibility index (Phi) is 3.44. The Balaban J connectivity index is 3.33. The molecule has 17 heavy (non-hydrogen) atoms. The fourth-order valence-corrected chi connectivity index (χ4v) is 1.26. The van der Waals surface area contributed by atoms with Crippen LogP contribution in [0.5, 0.6) is 0 Å². The van der Waals surface area contributed by atoms with Crippen molar-refractivity contribution < 1.29 is 29.7 Å². The van der Waals surface area contributed by atoms with Crippen molar-refractivity contribution in [1.29, 1.82) is 0 Å². The number of carbonyl (C=O) groups is 3. The van der Waals surface area contributed by atoms with E-state index in [1.54, 1.807) is 0 Å². The number of nitrogens with two attached hydrogens (primary N) is 1. The largest absolute Gasteiger partial charge is 0.480 e. The van der Waals surface area contributed by atoms with Crippen LogP contribution in [0.3, 0.4) is 0 Å². The molecule has 1 rings (SSSR count). The molecule has 0 aromatic heterocycles. The predicted octanol–water partition coefficient (Wildman–Crippen LogP) is 0.167. The zero-order chi connectivity index (χ0) is 13.2. The summed E-state index contributed by atoms with van der Waals surface area (Å²) in [6, 6.07) is 1.75. The summed E-state index contributed by atoms with van der Waals surface area (Å²) in [7, 11) is 0. The van der Waals surface area contributed by atoms with Crippen molar-refractivity contribution >= 4 is 17.9 Å². The third kappa shape index (κ3) is 2.58. The molecule has 0 aliphatic rings. The number of hydrogen-bond donors (Lipinski definition) is 4. The summed E-state index contributed by atoms with van der Waals surface area (Å²) in [6.45, 7) is 0. The van der Waals surface area contributed by atoms with Crippen LogP contribution in [0.25, 0.3) is 0 Å². The molecular formula is C10H9NO6. The van der Waals surface area contributed by atoms with Crippen molar-refractivity contribution in [2.24, 2.45) is 5.73 Å². The lowest BCUT2D eigenvalue weighted by Crippen LogP contribution is -2.21. The van der Waals surface area contributed by atoms with E-state index >= 15 is 0 Å². The van der Waals surface area contributed by atoms with Crippen molar-refractivity contribution in [3.05, 3.63) is 34.9 Å². The topological polar surface area (TPSA) is 138 Å². The number of aliphatic carboxylic acids is 1. The van der Waals surface area contributed by atoms with Crippen LogP contribution in [0.1, 0.15) is 32.3 Å². The first-order chi connectivity index (χ1) is 7.84. The maximum Gasteiger partial charge on any atom is 0.336 e. The first-order valence-electron chi connectivity index (χ1n) is 4.43. The standard InChI is InChI=1S/C10H9NO6/c11-7(10(16)17)4-1-2-5(8(12)13)6(3-4)9(14)15/h1-3,7H,11H2,(H,12,13)(H,14,15)(H,16,17)/t7-/m0/s1. The SMILES string of the molecule is N[C@H](C(=O)O)c1ccc(C(=O)O)c(C(=O)O)c1. The molecule has 7 nitrogen and oxygen atoms in total. The van der Waals surface area contributed by atoms with E-state index in [1.807, 2.05) is 0 Å². The van der Waals surface area contributed by atoms with Crippen LogP contribution in [0.15, 0.2) is 18.2 Å². The van der Waals surface area contributed by atoms with Gasteiger partial charge in [0, 0.05) is 0 Å². The number of rotatable bonds is 4. The van der Waals surface area contributed by atoms with E-state index in [2.05, 4.69) is 0 Å². The first kappa shape index (κ1) is 12.7. The lowest BCUT2D eigenvalue weighted by Gasteiger charge is -2.09. The normalized spacial score (nSPS) is 11.8. The minimum atomic E-state index is -1.46. The highest BCUT2D eigenvalue weighted by Crippen LogP contribution is 2.17. The van der Waals surface area contributed by atoms with E-state index < -0.39 is 35.1 Å². The molecule has 0 heterocycles. The smallest absolute Gasteiger partial charge is 0.336 e. The van der Waals surface area contributed by atoms with Gasteiger partial charge in [0.2, 0.25) is 0 Å². The number of carboxylic acids is 3. The highest BCUT2D eigenvalue weighted by atomic mass is 16.4. The molecule has 0 fully saturated rings. The third-order valence-corrected chi connectivity index (χ3v) is 2.13. The molecule has 0 unspecified atom stereocenters. The second-order valence-corrected chi connectivity index (χ2v) is 3.23. The Bertz CT molecular complexity index is 496. The van der Waals surface area contributed by atoms with Crippen LogP contribution < -0.4 is 5.73 Å². The molecular weight excluding hydrogens is 230 g/mol. The Morgan fingerprint density at radius 2 is 1.53 bits per heavy atom. The zero-order valence-corrected chi connectivity index (χ0v) is 8.45. The average Bonchev–Trinajstić information content (AvgIpc) is 2.26. The Hall–Kier alpha value is -2.41. The highest BCUT2D eigenvalue weighted by Gasteiger charge is 2.20. The van der Waals surface area contributed by atoms with Crippen molar-refractivity contribution in [2.45, 2.75) is 6.04 Å². The van der Waals surface area contributed by atoms with Crippen molar-refractivity contribution in [3.8, 4) is 0 Å². The van der Waals surface area contributed by atoms with E-state index in [0.717, 1.165) is 12.1 Å². The van der Waals surface area contributed by atoms with Gasteiger partial charge in [0.15, 0.2) is 0 Å². The predicted molar refractivity (Wildman–Crippen MR) is 54.9 cm³/mol. The molecule has 0 amide bonds. The van der Waals surface area contributed by atoms with Crippen molar-refractivity contribution in [3.63, 3.8) is 0 Å². The summed E-state index contributed by atoms with van der Waals surface area (Å²) < 4.78 is 0. The van der Waals surface area contributed by atoms with Gasteiger partial charge in [0.1, 0.15) is 6.04 Å². The molecule has 0 saturated heterocycles. The molecule has 1 atom stereocenters. The Morgan fingerprint density at radius 3 is 1.94 bits per heavy atom. The summed E-state index contributed by atoms with van der Waals surface area (Å²) in [4.78, 5) is 32.2. The number of aromatic carboxylic acids is 2. The van der Waals surface area contributed by atoms with E-state index in [0.29, 0.717) is 0 Å². The van der Waals surface area contributed by atoms with E-state index in [9.17, 15) is 14.4 Å². The number of benzene rings is 1. The fourth-order valence-electron chi connectivity index (χ4n) is 1.26. The molecule has 7 heteroatoms. The molecule has 0 aliphatic heterocycles. The van der Waals surface area contributed by atoms with Gasteiger partial charge in [-0.05, 0) is 17.7 Å². The van der Waals surface area contributed by atoms with Crippen LogP contribution in [-0.2, 0) is 4.79 Å². The molecule has 1 aromatic carbocycles. The fraction of sp³-hybridized carbons (Fsp3) is 0.100. The van der Waals surface area contributed by atoms with E-state index in [1.165, 1.54) is 6.07 Å². The summed E-state index contributed by atoms with van der Waals surface area (Å²) >= 11 is 0. The van der Waals surface area contributed by atoms with Gasteiger partial charge in [-0.2, -0.15) is 0 Å². The maximum absolute atomic E-state index is 10.8. The van der Waals surface area contributed by atoms with Crippen LogP contribution in [0, 0.1) is 0 Å². The van der Waals surface area contributed by atoms with Gasteiger partial charge in [-0.25, -0.2) is 9.59 Å². The summed E-state index contributed by atoms with van der Waals surface area (Å²) in [5, 5.41) is 26.2. The molecule has 0 aliphatic carbocycles. The van der Waals surface area contributed by atoms with Crippen molar-refractivity contribution in [2.75, 3.05) is 0 Å². The van der Waals surface area contributed by atoms with Crippen LogP contribution in [-0.4, -0.2) is 33.2 Å². The minimum Gasteiger partial charge on any atom is -0.480 e. The Morgan fingerprint density at radius 1 is 1.00 bits per heavy atom. The number of hydrogen-bond acceptors (Lipinski definition) is 4. The summed E-state index contributed by atoms with van der Waals surface area (Å²) in [5.74, 6) is -4.19. The quantitative estimate of drug-likeness (QED) is 0.587. The van der Waals surface area contributed by atoms with Gasteiger partial charge >= 0.3 is 17.9 Å². The second-order valence-electron chi connectivity index (χ2n) is 3.23. The van der Waals surface area contributed by atoms with Crippen molar-refractivity contribution in [1.82, 2.24) is 0 Å². The molecule has 1 aromatic rings. The third-order valence-electron chi connectivity index (χ3n) is 2.13. The zero-order valence-electron chi connectivity index (χ0n) is 8.45. The van der Waals surface area contributed by atoms with E-state index in [4.69, 9.17) is 21.1 Å². The molecule has 90 valence electrons. The van der Waals surface area contributed by atoms with Crippen LogP contribution in [0.2, 0.25) is 0 Å².